The van der Waals surface area contributed by atoms with E-state index in [0.717, 1.165) is 16.8 Å². The maximum absolute atomic E-state index is 13.5. The van der Waals surface area contributed by atoms with Gasteiger partial charge in [0.1, 0.15) is 5.82 Å². The highest BCUT2D eigenvalue weighted by Gasteiger charge is 2.08. The molecule has 3 rings (SSSR count). The second-order valence-corrected chi connectivity index (χ2v) is 4.92. The maximum atomic E-state index is 13.5. The smallest absolute Gasteiger partial charge is 0.125 e. The summed E-state index contributed by atoms with van der Waals surface area (Å²) in [5, 5.41) is 0.716. The van der Waals surface area contributed by atoms with Crippen LogP contribution in [0, 0.1) is 5.82 Å². The van der Waals surface area contributed by atoms with Crippen molar-refractivity contribution in [1.82, 2.24) is 9.55 Å². The number of rotatable bonds is 3. The summed E-state index contributed by atoms with van der Waals surface area (Å²) in [6, 6.07) is 12.4. The Morgan fingerprint density at radius 3 is 2.70 bits per heavy atom. The highest BCUT2D eigenvalue weighted by molar-refractivity contribution is 6.31. The minimum Gasteiger partial charge on any atom is -0.306 e. The summed E-state index contributed by atoms with van der Waals surface area (Å²) in [6.45, 7) is 0. The third-order valence-corrected chi connectivity index (χ3v) is 3.54. The van der Waals surface area contributed by atoms with Crippen molar-refractivity contribution in [3.05, 3.63) is 83.2 Å². The molecule has 2 aromatic carbocycles. The molecule has 0 fully saturated rings. The molecule has 0 aliphatic carbocycles. The Morgan fingerprint density at radius 2 is 1.95 bits per heavy atom. The Balaban J connectivity index is 2.04. The first-order valence-corrected chi connectivity index (χ1v) is 6.62. The van der Waals surface area contributed by atoms with E-state index in [-0.39, 0.29) is 5.82 Å². The van der Waals surface area contributed by atoms with Gasteiger partial charge in [0.2, 0.25) is 0 Å². The van der Waals surface area contributed by atoms with Crippen LogP contribution in [0.5, 0.6) is 0 Å². The maximum Gasteiger partial charge on any atom is 0.125 e. The van der Waals surface area contributed by atoms with E-state index in [9.17, 15) is 4.39 Å². The van der Waals surface area contributed by atoms with E-state index >= 15 is 0 Å². The van der Waals surface area contributed by atoms with Crippen LogP contribution >= 0.6 is 11.6 Å². The van der Waals surface area contributed by atoms with Gasteiger partial charge in [-0.15, -0.1) is 0 Å². The van der Waals surface area contributed by atoms with Crippen molar-refractivity contribution in [1.29, 1.82) is 0 Å². The highest BCUT2D eigenvalue weighted by atomic mass is 35.5. The molecule has 0 amide bonds. The fraction of sp³-hybridized carbons (Fsp3) is 0.0625. The average Bonchev–Trinajstić information content (AvgIpc) is 2.97. The predicted molar refractivity (Wildman–Crippen MR) is 77.8 cm³/mol. The molecular weight excluding hydrogens is 275 g/mol. The molecule has 0 unspecified atom stereocenters. The van der Waals surface area contributed by atoms with Gasteiger partial charge in [0.25, 0.3) is 0 Å². The van der Waals surface area contributed by atoms with Gasteiger partial charge in [-0.25, -0.2) is 9.37 Å². The van der Waals surface area contributed by atoms with Crippen molar-refractivity contribution in [2.24, 2.45) is 0 Å². The van der Waals surface area contributed by atoms with Crippen LogP contribution in [0.4, 0.5) is 4.39 Å². The van der Waals surface area contributed by atoms with Crippen LogP contribution in [-0.4, -0.2) is 9.55 Å². The quantitative estimate of drug-likeness (QED) is 0.703. The number of nitrogens with zero attached hydrogens (tertiary/aromatic N) is 2. The Bertz CT molecular complexity index is 723. The lowest BCUT2D eigenvalue weighted by molar-refractivity contribution is 0.625. The summed E-state index contributed by atoms with van der Waals surface area (Å²) in [6.07, 6.45) is 5.77. The number of hydrogen-bond donors (Lipinski definition) is 0. The normalized spacial score (nSPS) is 10.7. The van der Waals surface area contributed by atoms with Gasteiger partial charge in [-0.3, -0.25) is 0 Å². The Kier molecular flexibility index (Phi) is 3.52. The summed E-state index contributed by atoms with van der Waals surface area (Å²) in [4.78, 5) is 4.01. The SMILES string of the molecule is Fc1ccc(Cc2ccccc2Cl)c(-n2ccnc2)c1. The molecule has 100 valence electrons. The second-order valence-electron chi connectivity index (χ2n) is 4.51. The van der Waals surface area contributed by atoms with E-state index < -0.39 is 0 Å². The molecule has 0 radical (unpaired) electrons. The highest BCUT2D eigenvalue weighted by Crippen LogP contribution is 2.23. The van der Waals surface area contributed by atoms with Crippen LogP contribution in [0.25, 0.3) is 5.69 Å². The number of hydrogen-bond acceptors (Lipinski definition) is 1. The van der Waals surface area contributed by atoms with E-state index in [2.05, 4.69) is 4.98 Å². The number of aromatic nitrogens is 2. The molecule has 0 atom stereocenters. The molecule has 0 spiro atoms. The predicted octanol–water partition coefficient (Wildman–Crippen LogP) is 4.26. The van der Waals surface area contributed by atoms with Crippen molar-refractivity contribution >= 4 is 11.6 Å². The summed E-state index contributed by atoms with van der Waals surface area (Å²) >= 11 is 6.19. The van der Waals surface area contributed by atoms with Crippen molar-refractivity contribution in [3.63, 3.8) is 0 Å². The molecule has 4 heteroatoms. The van der Waals surface area contributed by atoms with Crippen molar-refractivity contribution in [2.45, 2.75) is 6.42 Å². The Hall–Kier alpha value is -2.13. The zero-order chi connectivity index (χ0) is 13.9. The van der Waals surface area contributed by atoms with E-state index in [4.69, 9.17) is 11.6 Å². The van der Waals surface area contributed by atoms with Gasteiger partial charge in [0.05, 0.1) is 12.0 Å². The van der Waals surface area contributed by atoms with Gasteiger partial charge in [0.15, 0.2) is 0 Å². The zero-order valence-corrected chi connectivity index (χ0v) is 11.4. The molecule has 1 aromatic heterocycles. The Morgan fingerprint density at radius 1 is 1.10 bits per heavy atom. The topological polar surface area (TPSA) is 17.8 Å². The van der Waals surface area contributed by atoms with Crippen molar-refractivity contribution in [2.75, 3.05) is 0 Å². The molecule has 20 heavy (non-hydrogen) atoms. The molecule has 1 heterocycles. The largest absolute Gasteiger partial charge is 0.306 e. The van der Waals surface area contributed by atoms with E-state index in [1.165, 1.54) is 12.1 Å². The molecule has 3 aromatic rings. The van der Waals surface area contributed by atoms with Gasteiger partial charge >= 0.3 is 0 Å². The van der Waals surface area contributed by atoms with Gasteiger partial charge in [-0.1, -0.05) is 35.9 Å². The third-order valence-electron chi connectivity index (χ3n) is 3.17. The van der Waals surface area contributed by atoms with E-state index in [0.29, 0.717) is 11.4 Å². The molecule has 0 saturated heterocycles. The number of benzene rings is 2. The lowest BCUT2D eigenvalue weighted by atomic mass is 10.0. The van der Waals surface area contributed by atoms with Crippen LogP contribution in [0.1, 0.15) is 11.1 Å². The Labute approximate surface area is 121 Å². The van der Waals surface area contributed by atoms with E-state index in [1.807, 2.05) is 24.3 Å². The van der Waals surface area contributed by atoms with Crippen LogP contribution < -0.4 is 0 Å². The average molecular weight is 287 g/mol. The van der Waals surface area contributed by atoms with Gasteiger partial charge < -0.3 is 4.57 Å². The fourth-order valence-corrected chi connectivity index (χ4v) is 2.38. The van der Waals surface area contributed by atoms with Crippen LogP contribution in [0.2, 0.25) is 5.02 Å². The molecular formula is C16H12ClFN2. The zero-order valence-electron chi connectivity index (χ0n) is 10.6. The molecule has 0 N–H and O–H groups in total. The first-order chi connectivity index (χ1) is 9.74. The lowest BCUT2D eigenvalue weighted by Gasteiger charge is -2.11. The fourth-order valence-electron chi connectivity index (χ4n) is 2.18. The van der Waals surface area contributed by atoms with E-state index in [1.54, 1.807) is 29.4 Å². The molecule has 0 aliphatic rings. The van der Waals surface area contributed by atoms with Gasteiger partial charge in [0, 0.05) is 23.8 Å². The van der Waals surface area contributed by atoms with Crippen LogP contribution in [0.3, 0.4) is 0 Å². The molecule has 0 aliphatic heterocycles. The summed E-state index contributed by atoms with van der Waals surface area (Å²) < 4.78 is 15.3. The van der Waals surface area contributed by atoms with Gasteiger partial charge in [-0.2, -0.15) is 0 Å². The van der Waals surface area contributed by atoms with Crippen molar-refractivity contribution < 1.29 is 4.39 Å². The number of imidazole rings is 1. The summed E-state index contributed by atoms with van der Waals surface area (Å²) in [5.74, 6) is -0.267. The minimum absolute atomic E-state index is 0.267. The molecule has 0 saturated carbocycles. The minimum atomic E-state index is -0.267. The second kappa shape index (κ2) is 5.47. The van der Waals surface area contributed by atoms with Crippen molar-refractivity contribution in [3.8, 4) is 5.69 Å². The van der Waals surface area contributed by atoms with Crippen LogP contribution in [0.15, 0.2) is 61.2 Å². The lowest BCUT2D eigenvalue weighted by Crippen LogP contribution is -2.00. The third kappa shape index (κ3) is 2.58. The van der Waals surface area contributed by atoms with Crippen LogP contribution in [-0.2, 0) is 6.42 Å². The monoisotopic (exact) mass is 286 g/mol. The first-order valence-electron chi connectivity index (χ1n) is 6.24. The molecule has 2 nitrogen and oxygen atoms in total. The van der Waals surface area contributed by atoms with Gasteiger partial charge in [-0.05, 0) is 29.3 Å². The standard InChI is InChI=1S/C16H12ClFN2/c17-15-4-2-1-3-12(15)9-13-5-6-14(18)10-16(13)20-8-7-19-11-20/h1-8,10-11H,9H2. The molecule has 0 bridgehead atoms. The summed E-state index contributed by atoms with van der Waals surface area (Å²) in [7, 11) is 0. The summed E-state index contributed by atoms with van der Waals surface area (Å²) in [5.41, 5.74) is 2.79. The first kappa shape index (κ1) is 12.9. The number of halogens is 2.